The molecule has 0 saturated carbocycles. The molecule has 19 heavy (non-hydrogen) atoms. The van der Waals surface area contributed by atoms with Gasteiger partial charge >= 0.3 is 5.97 Å². The molecule has 7 heteroatoms. The van der Waals surface area contributed by atoms with Crippen molar-refractivity contribution in [3.8, 4) is 0 Å². The first-order valence-corrected chi connectivity index (χ1v) is 7.31. The highest BCUT2D eigenvalue weighted by molar-refractivity contribution is 7.90. The van der Waals surface area contributed by atoms with Gasteiger partial charge in [-0.25, -0.2) is 13.2 Å². The first-order valence-electron chi connectivity index (χ1n) is 5.42. The molecule has 6 nitrogen and oxygen atoms in total. The lowest BCUT2D eigenvalue weighted by Gasteiger charge is -2.03. The molecule has 0 aliphatic heterocycles. The van der Waals surface area contributed by atoms with Gasteiger partial charge in [0.15, 0.2) is 15.5 Å². The van der Waals surface area contributed by atoms with Crippen molar-refractivity contribution in [2.45, 2.75) is 11.4 Å². The summed E-state index contributed by atoms with van der Waals surface area (Å²) in [6.45, 7) is 0.386. The van der Waals surface area contributed by atoms with Gasteiger partial charge < -0.3 is 5.11 Å². The second-order valence-electron chi connectivity index (χ2n) is 4.12. The Hall–Kier alpha value is -2.15. The Morgan fingerprint density at radius 3 is 2.37 bits per heavy atom. The van der Waals surface area contributed by atoms with Gasteiger partial charge in [0.1, 0.15) is 0 Å². The highest BCUT2D eigenvalue weighted by atomic mass is 32.2. The quantitative estimate of drug-likeness (QED) is 0.903. The van der Waals surface area contributed by atoms with Gasteiger partial charge in [0, 0.05) is 12.5 Å². The van der Waals surface area contributed by atoms with E-state index in [2.05, 4.69) is 5.10 Å². The third kappa shape index (κ3) is 3.19. The molecule has 0 aliphatic rings. The first-order chi connectivity index (χ1) is 8.86. The van der Waals surface area contributed by atoms with Crippen LogP contribution in [0.5, 0.6) is 0 Å². The molecular weight excluding hydrogens is 268 g/mol. The number of aromatic carboxylic acids is 1. The number of carbonyl (C=O) groups is 1. The van der Waals surface area contributed by atoms with Crippen molar-refractivity contribution in [2.24, 2.45) is 0 Å². The summed E-state index contributed by atoms with van der Waals surface area (Å²) >= 11 is 0. The zero-order valence-electron chi connectivity index (χ0n) is 10.1. The van der Waals surface area contributed by atoms with Crippen LogP contribution in [0.4, 0.5) is 0 Å². The van der Waals surface area contributed by atoms with Crippen LogP contribution in [0.25, 0.3) is 0 Å². The van der Waals surface area contributed by atoms with Gasteiger partial charge in [0.25, 0.3) is 0 Å². The third-order valence-electron chi connectivity index (χ3n) is 2.56. The van der Waals surface area contributed by atoms with Gasteiger partial charge in [0.05, 0.1) is 11.4 Å². The fraction of sp³-hybridized carbons (Fsp3) is 0.167. The van der Waals surface area contributed by atoms with Crippen LogP contribution in [0, 0.1) is 0 Å². The number of aromatic nitrogens is 2. The normalized spacial score (nSPS) is 11.4. The molecule has 0 amide bonds. The van der Waals surface area contributed by atoms with E-state index in [9.17, 15) is 13.2 Å². The first kappa shape index (κ1) is 13.3. The fourth-order valence-corrected chi connectivity index (χ4v) is 2.22. The number of carboxylic acid groups (broad SMARTS) is 1. The summed E-state index contributed by atoms with van der Waals surface area (Å²) in [7, 11) is -3.20. The average molecular weight is 280 g/mol. The maximum Gasteiger partial charge on any atom is 0.356 e. The minimum atomic E-state index is -3.20. The van der Waals surface area contributed by atoms with Crippen molar-refractivity contribution in [1.29, 1.82) is 0 Å². The lowest BCUT2D eigenvalue weighted by molar-refractivity contribution is 0.0689. The number of benzene rings is 1. The zero-order chi connectivity index (χ0) is 14.0. The summed E-state index contributed by atoms with van der Waals surface area (Å²) in [5.74, 6) is -1.08. The number of sulfone groups is 1. The van der Waals surface area contributed by atoms with Gasteiger partial charge in [-0.05, 0) is 23.8 Å². The minimum absolute atomic E-state index is 0.0206. The molecule has 0 atom stereocenters. The van der Waals surface area contributed by atoms with E-state index in [1.165, 1.54) is 22.9 Å². The zero-order valence-corrected chi connectivity index (χ0v) is 11.0. The number of hydrogen-bond donors (Lipinski definition) is 1. The van der Waals surface area contributed by atoms with Crippen molar-refractivity contribution in [2.75, 3.05) is 6.26 Å². The highest BCUT2D eigenvalue weighted by Crippen LogP contribution is 2.11. The Labute approximate surface area is 110 Å². The molecule has 2 aromatic rings. The number of carboxylic acids is 1. The third-order valence-corrected chi connectivity index (χ3v) is 3.68. The topological polar surface area (TPSA) is 89.3 Å². The summed E-state index contributed by atoms with van der Waals surface area (Å²) in [6.07, 6.45) is 2.71. The van der Waals surface area contributed by atoms with Crippen LogP contribution in [0.3, 0.4) is 0 Å². The molecule has 0 aliphatic carbocycles. The summed E-state index contributed by atoms with van der Waals surface area (Å²) < 4.78 is 24.1. The van der Waals surface area contributed by atoms with Crippen molar-refractivity contribution < 1.29 is 18.3 Å². The van der Waals surface area contributed by atoms with E-state index in [4.69, 9.17) is 5.11 Å². The molecule has 2 rings (SSSR count). The van der Waals surface area contributed by atoms with Gasteiger partial charge in [-0.3, -0.25) is 4.68 Å². The molecule has 0 radical (unpaired) electrons. The molecule has 0 bridgehead atoms. The molecule has 1 aromatic carbocycles. The molecule has 1 aromatic heterocycles. The standard InChI is InChI=1S/C12H12N2O4S/c1-19(17,18)10-4-2-9(3-5-10)8-14-7-6-11(13-14)12(15)16/h2-7H,8H2,1H3,(H,15,16). The Morgan fingerprint density at radius 2 is 1.89 bits per heavy atom. The molecule has 1 N–H and O–H groups in total. The predicted molar refractivity (Wildman–Crippen MR) is 67.8 cm³/mol. The molecule has 100 valence electrons. The lowest BCUT2D eigenvalue weighted by Crippen LogP contribution is -2.04. The van der Waals surface area contributed by atoms with Crippen LogP contribution in [-0.2, 0) is 16.4 Å². The molecule has 1 heterocycles. The molecule has 0 spiro atoms. The molecule has 0 fully saturated rings. The van der Waals surface area contributed by atoms with E-state index >= 15 is 0 Å². The number of nitrogens with zero attached hydrogens (tertiary/aromatic N) is 2. The van der Waals surface area contributed by atoms with E-state index in [0.29, 0.717) is 6.54 Å². The van der Waals surface area contributed by atoms with Crippen LogP contribution in [0.1, 0.15) is 16.1 Å². The van der Waals surface area contributed by atoms with Gasteiger partial charge in [-0.1, -0.05) is 12.1 Å². The molecule has 0 saturated heterocycles. The monoisotopic (exact) mass is 280 g/mol. The Kier molecular flexibility index (Phi) is 3.39. The lowest BCUT2D eigenvalue weighted by atomic mass is 10.2. The maximum atomic E-state index is 11.3. The van der Waals surface area contributed by atoms with E-state index in [1.54, 1.807) is 18.3 Å². The van der Waals surface area contributed by atoms with Crippen molar-refractivity contribution in [3.63, 3.8) is 0 Å². The van der Waals surface area contributed by atoms with Crippen LogP contribution in [0.15, 0.2) is 41.4 Å². The van der Waals surface area contributed by atoms with Crippen LogP contribution >= 0.6 is 0 Å². The second kappa shape index (κ2) is 4.85. The van der Waals surface area contributed by atoms with Crippen molar-refractivity contribution in [3.05, 3.63) is 47.8 Å². The largest absolute Gasteiger partial charge is 0.476 e. The Bertz CT molecular complexity index is 702. The van der Waals surface area contributed by atoms with E-state index in [1.807, 2.05) is 0 Å². The van der Waals surface area contributed by atoms with Gasteiger partial charge in [-0.15, -0.1) is 0 Å². The van der Waals surface area contributed by atoms with E-state index in [-0.39, 0.29) is 10.6 Å². The fourth-order valence-electron chi connectivity index (χ4n) is 1.59. The van der Waals surface area contributed by atoms with Crippen LogP contribution < -0.4 is 0 Å². The summed E-state index contributed by atoms with van der Waals surface area (Å²) in [5, 5.41) is 12.6. The maximum absolute atomic E-state index is 11.3. The van der Waals surface area contributed by atoms with E-state index in [0.717, 1.165) is 11.8 Å². The van der Waals surface area contributed by atoms with Gasteiger partial charge in [-0.2, -0.15) is 5.10 Å². The number of rotatable bonds is 4. The Balaban J connectivity index is 2.17. The minimum Gasteiger partial charge on any atom is -0.476 e. The average Bonchev–Trinajstić information content (AvgIpc) is 2.77. The summed E-state index contributed by atoms with van der Waals surface area (Å²) in [5.41, 5.74) is 0.820. The van der Waals surface area contributed by atoms with Crippen molar-refractivity contribution >= 4 is 15.8 Å². The van der Waals surface area contributed by atoms with E-state index < -0.39 is 15.8 Å². The Morgan fingerprint density at radius 1 is 1.26 bits per heavy atom. The second-order valence-corrected chi connectivity index (χ2v) is 6.14. The van der Waals surface area contributed by atoms with Gasteiger partial charge in [0.2, 0.25) is 0 Å². The number of hydrogen-bond acceptors (Lipinski definition) is 4. The van der Waals surface area contributed by atoms with Crippen molar-refractivity contribution in [1.82, 2.24) is 9.78 Å². The highest BCUT2D eigenvalue weighted by Gasteiger charge is 2.08. The molecular formula is C12H12N2O4S. The van der Waals surface area contributed by atoms with Crippen LogP contribution in [0.2, 0.25) is 0 Å². The smallest absolute Gasteiger partial charge is 0.356 e. The SMILES string of the molecule is CS(=O)(=O)c1ccc(Cn2ccc(C(=O)O)n2)cc1. The van der Waals surface area contributed by atoms with Crippen LogP contribution in [-0.4, -0.2) is 35.5 Å². The molecule has 0 unspecified atom stereocenters. The summed E-state index contributed by atoms with van der Waals surface area (Å²) in [4.78, 5) is 10.9. The summed E-state index contributed by atoms with van der Waals surface area (Å²) in [6, 6.07) is 7.81. The predicted octanol–water partition coefficient (Wildman–Crippen LogP) is 1.03.